The standard InChI is InChI=1S/C2H7NO.H2O3Se/c3-1-2-4;1-4(2)3/h4H,1-3H2;(H2,1,2,3). The van der Waals surface area contributed by atoms with Gasteiger partial charge in [-0.05, 0) is 0 Å². The van der Waals surface area contributed by atoms with E-state index in [1.807, 2.05) is 0 Å². The molecule has 8 heavy (non-hydrogen) atoms. The number of aliphatic hydroxyl groups excluding tert-OH is 1. The molecule has 6 heteroatoms. The molecule has 0 amide bonds. The third-order valence-corrected chi connectivity index (χ3v) is 0.129. The molecule has 0 aliphatic heterocycles. The van der Waals surface area contributed by atoms with E-state index in [-0.39, 0.29) is 6.61 Å². The third-order valence-electron chi connectivity index (χ3n) is 0.129. The Bertz CT molecular complexity index is 52.0. The summed E-state index contributed by atoms with van der Waals surface area (Å²) in [7, 11) is 0. The van der Waals surface area contributed by atoms with Crippen molar-refractivity contribution in [3.8, 4) is 0 Å². The Hall–Kier alpha value is 0.159. The van der Waals surface area contributed by atoms with E-state index in [1.165, 1.54) is 0 Å². The summed E-state index contributed by atoms with van der Waals surface area (Å²) in [6.45, 7) is 0.472. The summed E-state index contributed by atoms with van der Waals surface area (Å²) in [6.07, 6.45) is 0. The van der Waals surface area contributed by atoms with Crippen LogP contribution in [-0.4, -0.2) is 41.1 Å². The van der Waals surface area contributed by atoms with Crippen LogP contribution >= 0.6 is 0 Å². The van der Waals surface area contributed by atoms with Crippen LogP contribution < -0.4 is 5.73 Å². The minimum atomic E-state index is -3.29. The summed E-state index contributed by atoms with van der Waals surface area (Å²) in [4.78, 5) is 0. The molecule has 52 valence electrons. The van der Waals surface area contributed by atoms with Gasteiger partial charge in [-0.15, -0.1) is 0 Å². The Morgan fingerprint density at radius 1 is 1.50 bits per heavy atom. The summed E-state index contributed by atoms with van der Waals surface area (Å²) >= 11 is -3.29. The molecule has 0 rings (SSSR count). The van der Waals surface area contributed by atoms with E-state index in [2.05, 4.69) is 0 Å². The van der Waals surface area contributed by atoms with E-state index in [0.29, 0.717) is 6.54 Å². The van der Waals surface area contributed by atoms with Gasteiger partial charge in [-0.2, -0.15) is 0 Å². The molecule has 0 unspecified atom stereocenters. The number of aliphatic hydroxyl groups is 1. The van der Waals surface area contributed by atoms with Crippen molar-refractivity contribution in [2.24, 2.45) is 5.73 Å². The van der Waals surface area contributed by atoms with Crippen molar-refractivity contribution in [3.05, 3.63) is 0 Å². The second-order valence-corrected chi connectivity index (χ2v) is 1.71. The van der Waals surface area contributed by atoms with Gasteiger partial charge in [0.2, 0.25) is 0 Å². The minimum absolute atomic E-state index is 0.0972. The zero-order valence-electron chi connectivity index (χ0n) is 4.15. The van der Waals surface area contributed by atoms with Crippen molar-refractivity contribution < 1.29 is 17.3 Å². The average Bonchev–Trinajstić information content (AvgIpc) is 1.65. The molecule has 0 radical (unpaired) electrons. The molecule has 0 saturated carbocycles. The summed E-state index contributed by atoms with van der Waals surface area (Å²) < 4.78 is 23.1. The monoisotopic (exact) mass is 191 g/mol. The predicted molar refractivity (Wildman–Crippen MR) is 27.0 cm³/mol. The zero-order valence-corrected chi connectivity index (χ0v) is 5.86. The van der Waals surface area contributed by atoms with Crippen LogP contribution in [0.15, 0.2) is 0 Å². The van der Waals surface area contributed by atoms with Crippen LogP contribution in [-0.2, 0) is 3.83 Å². The fourth-order valence-corrected chi connectivity index (χ4v) is 0. The molecule has 0 aromatic heterocycles. The molecular weight excluding hydrogens is 181 g/mol. The summed E-state index contributed by atoms with van der Waals surface area (Å²) in [5.41, 5.74) is 4.78. The van der Waals surface area contributed by atoms with E-state index >= 15 is 0 Å². The molecule has 0 saturated heterocycles. The van der Waals surface area contributed by atoms with Crippen molar-refractivity contribution in [3.63, 3.8) is 0 Å². The Morgan fingerprint density at radius 2 is 1.62 bits per heavy atom. The topological polar surface area (TPSA) is 104 Å². The van der Waals surface area contributed by atoms with Gasteiger partial charge in [0.15, 0.2) is 0 Å². The molecule has 0 aliphatic carbocycles. The normalized spacial score (nSPS) is 8.12. The molecule has 0 atom stereocenters. The Kier molecular flexibility index (Phi) is 14.1. The number of nitrogens with two attached hydrogens (primary N) is 1. The maximum atomic E-state index is 8.76. The van der Waals surface area contributed by atoms with Crippen LogP contribution in [0, 0.1) is 0 Å². The third kappa shape index (κ3) is 122. The molecule has 0 aliphatic rings. The van der Waals surface area contributed by atoms with E-state index in [4.69, 9.17) is 23.1 Å². The fourth-order valence-electron chi connectivity index (χ4n) is 0. The second kappa shape index (κ2) is 10.2. The van der Waals surface area contributed by atoms with E-state index in [0.717, 1.165) is 0 Å². The maximum absolute atomic E-state index is 8.76. The first-order valence-electron chi connectivity index (χ1n) is 1.76. The molecule has 0 fully saturated rings. The summed E-state index contributed by atoms with van der Waals surface area (Å²) in [5, 5.41) is 7.75. The van der Waals surface area contributed by atoms with Crippen molar-refractivity contribution in [1.29, 1.82) is 0 Å². The van der Waals surface area contributed by atoms with Gasteiger partial charge in [-0.25, -0.2) is 0 Å². The molecular formula is C2H9NO4Se. The SMILES string of the molecule is NCCO.O=[Se](O)O. The van der Waals surface area contributed by atoms with Gasteiger partial charge in [0.25, 0.3) is 0 Å². The first-order chi connectivity index (χ1) is 3.65. The zero-order chi connectivity index (χ0) is 6.99. The number of hydrogen-bond acceptors (Lipinski definition) is 3. The molecule has 5 N–H and O–H groups in total. The van der Waals surface area contributed by atoms with Crippen LogP contribution in [0.2, 0.25) is 0 Å². The van der Waals surface area contributed by atoms with Crippen molar-refractivity contribution in [2.45, 2.75) is 0 Å². The predicted octanol–water partition coefficient (Wildman–Crippen LogP) is -2.68. The second-order valence-electron chi connectivity index (χ2n) is 0.743. The van der Waals surface area contributed by atoms with E-state index < -0.39 is 14.5 Å². The van der Waals surface area contributed by atoms with Crippen molar-refractivity contribution >= 4 is 14.5 Å². The summed E-state index contributed by atoms with van der Waals surface area (Å²) in [6, 6.07) is 0. The molecule has 0 aromatic rings. The van der Waals surface area contributed by atoms with Gasteiger partial charge < -0.3 is 10.8 Å². The van der Waals surface area contributed by atoms with Crippen LogP contribution in [0.4, 0.5) is 0 Å². The molecule has 5 nitrogen and oxygen atoms in total. The van der Waals surface area contributed by atoms with Crippen molar-refractivity contribution in [1.82, 2.24) is 0 Å². The molecule has 0 bridgehead atoms. The van der Waals surface area contributed by atoms with Gasteiger partial charge in [-0.1, -0.05) is 0 Å². The van der Waals surface area contributed by atoms with Gasteiger partial charge >= 0.3 is 26.7 Å². The van der Waals surface area contributed by atoms with Gasteiger partial charge in [0, 0.05) is 6.54 Å². The van der Waals surface area contributed by atoms with Crippen molar-refractivity contribution in [2.75, 3.05) is 13.2 Å². The Balaban J connectivity index is 0. The van der Waals surface area contributed by atoms with Gasteiger partial charge in [0.05, 0.1) is 6.61 Å². The van der Waals surface area contributed by atoms with Crippen LogP contribution in [0.1, 0.15) is 0 Å². The number of rotatable bonds is 1. The van der Waals surface area contributed by atoms with Crippen LogP contribution in [0.3, 0.4) is 0 Å². The quantitative estimate of drug-likeness (QED) is 0.337. The van der Waals surface area contributed by atoms with Crippen LogP contribution in [0.5, 0.6) is 0 Å². The van der Waals surface area contributed by atoms with Gasteiger partial charge in [-0.3, -0.25) is 0 Å². The molecule has 0 spiro atoms. The van der Waals surface area contributed by atoms with Crippen LogP contribution in [0.25, 0.3) is 0 Å². The fraction of sp³-hybridized carbons (Fsp3) is 1.00. The first-order valence-corrected chi connectivity index (χ1v) is 3.99. The summed E-state index contributed by atoms with van der Waals surface area (Å²) in [5.74, 6) is 0. The van der Waals surface area contributed by atoms with E-state index in [9.17, 15) is 0 Å². The Labute approximate surface area is 51.5 Å². The van der Waals surface area contributed by atoms with E-state index in [1.54, 1.807) is 0 Å². The number of hydrogen-bond donors (Lipinski definition) is 4. The molecule has 0 heterocycles. The molecule has 0 aromatic carbocycles. The first kappa shape index (κ1) is 11.0. The van der Waals surface area contributed by atoms with Gasteiger partial charge in [0.1, 0.15) is 0 Å². The average molecular weight is 190 g/mol. The Morgan fingerprint density at radius 3 is 1.62 bits per heavy atom.